The van der Waals surface area contributed by atoms with Gasteiger partial charge in [0.25, 0.3) is 0 Å². The largest absolute Gasteiger partial charge is 0.383 e. The third-order valence-corrected chi connectivity index (χ3v) is 4.19. The predicted molar refractivity (Wildman–Crippen MR) is 99.7 cm³/mol. The summed E-state index contributed by atoms with van der Waals surface area (Å²) in [6, 6.07) is 4.89. The number of nitrogens with zero attached hydrogens (tertiary/aromatic N) is 3. The first-order chi connectivity index (χ1) is 11.8. The molecule has 0 aliphatic rings. The number of rotatable bonds is 6. The lowest BCUT2D eigenvalue weighted by Crippen LogP contribution is -2.44. The fourth-order valence-corrected chi connectivity index (χ4v) is 2.55. The summed E-state index contributed by atoms with van der Waals surface area (Å²) in [7, 11) is 1.80. The molecule has 1 aromatic heterocycles. The molecule has 2 rings (SSSR count). The number of aryl methyl sites for hydroxylation is 1. The summed E-state index contributed by atoms with van der Waals surface area (Å²) in [5.41, 5.74) is 0.101. The highest BCUT2D eigenvalue weighted by Gasteiger charge is 2.25. The lowest BCUT2D eigenvalue weighted by Gasteiger charge is -2.23. The Morgan fingerprint density at radius 1 is 1.44 bits per heavy atom. The minimum atomic E-state index is -1.10. The van der Waals surface area contributed by atoms with E-state index in [1.807, 2.05) is 6.92 Å². The van der Waals surface area contributed by atoms with Crippen molar-refractivity contribution < 1.29 is 9.50 Å². The monoisotopic (exact) mass is 411 g/mol. The van der Waals surface area contributed by atoms with Crippen molar-refractivity contribution in [1.82, 2.24) is 20.4 Å². The van der Waals surface area contributed by atoms with E-state index >= 15 is 0 Å². The number of nitrogens with one attached hydrogen (secondary N) is 2. The number of benzene rings is 1. The molecule has 0 aliphatic carbocycles. The Morgan fingerprint density at radius 2 is 2.20 bits per heavy atom. The molecule has 6 nitrogen and oxygen atoms in total. The number of aliphatic imine (C=N–C) groups is 1. The van der Waals surface area contributed by atoms with Crippen molar-refractivity contribution in [2.75, 3.05) is 13.1 Å². The molecule has 0 spiro atoms. The van der Waals surface area contributed by atoms with Gasteiger partial charge in [0.2, 0.25) is 0 Å². The summed E-state index contributed by atoms with van der Waals surface area (Å²) in [6.45, 7) is 4.74. The van der Waals surface area contributed by atoms with Crippen LogP contribution in [0.4, 0.5) is 4.39 Å². The van der Waals surface area contributed by atoms with E-state index in [0.29, 0.717) is 28.1 Å². The molecular formula is C17H23BrFN5O. The highest BCUT2D eigenvalue weighted by Crippen LogP contribution is 2.18. The van der Waals surface area contributed by atoms with Gasteiger partial charge in [-0.2, -0.15) is 5.10 Å². The summed E-state index contributed by atoms with van der Waals surface area (Å²) in [4.78, 5) is 4.38. The zero-order valence-electron chi connectivity index (χ0n) is 14.6. The summed E-state index contributed by atoms with van der Waals surface area (Å²) >= 11 is 3.24. The van der Waals surface area contributed by atoms with Crippen LogP contribution in [0.1, 0.15) is 25.0 Å². The van der Waals surface area contributed by atoms with E-state index in [0.717, 1.165) is 0 Å². The molecule has 1 aromatic carbocycles. The van der Waals surface area contributed by atoms with Gasteiger partial charge >= 0.3 is 0 Å². The van der Waals surface area contributed by atoms with Crippen LogP contribution in [0, 0.1) is 5.82 Å². The smallest absolute Gasteiger partial charge is 0.191 e. The summed E-state index contributed by atoms with van der Waals surface area (Å²) in [6.07, 6.45) is 3.39. The maximum absolute atomic E-state index is 13.9. The molecule has 136 valence electrons. The van der Waals surface area contributed by atoms with E-state index < -0.39 is 5.60 Å². The van der Waals surface area contributed by atoms with E-state index in [4.69, 9.17) is 0 Å². The standard InChI is InChI=1S/C17H23BrFN5O/c1-4-20-16(21-8-12-5-6-14(18)7-15(12)19)22-11-17(2,25)13-9-23-24(3)10-13/h5-7,9-10,25H,4,8,11H2,1-3H3,(H2,20,21,22). The van der Waals surface area contributed by atoms with Gasteiger partial charge in [0.15, 0.2) is 5.96 Å². The molecule has 0 aliphatic heterocycles. The topological polar surface area (TPSA) is 74.5 Å². The van der Waals surface area contributed by atoms with E-state index in [1.54, 1.807) is 43.2 Å². The minimum Gasteiger partial charge on any atom is -0.383 e. The Balaban J connectivity index is 2.04. The second-order valence-corrected chi connectivity index (χ2v) is 6.88. The molecule has 0 saturated heterocycles. The van der Waals surface area contributed by atoms with Gasteiger partial charge in [-0.3, -0.25) is 4.68 Å². The normalized spacial score (nSPS) is 14.2. The molecular weight excluding hydrogens is 389 g/mol. The van der Waals surface area contributed by atoms with Crippen LogP contribution in [0.15, 0.2) is 40.1 Å². The lowest BCUT2D eigenvalue weighted by molar-refractivity contribution is 0.0616. The van der Waals surface area contributed by atoms with Crippen LogP contribution in [-0.4, -0.2) is 33.9 Å². The molecule has 0 saturated carbocycles. The summed E-state index contributed by atoms with van der Waals surface area (Å²) in [5.74, 6) is 0.199. The van der Waals surface area contributed by atoms with Crippen molar-refractivity contribution in [3.63, 3.8) is 0 Å². The van der Waals surface area contributed by atoms with Crippen molar-refractivity contribution in [2.45, 2.75) is 26.0 Å². The third kappa shape index (κ3) is 5.54. The fraction of sp³-hybridized carbons (Fsp3) is 0.412. The van der Waals surface area contributed by atoms with Gasteiger partial charge in [0, 0.05) is 35.4 Å². The Kier molecular flexibility index (Phi) is 6.55. The van der Waals surface area contributed by atoms with Gasteiger partial charge in [-0.1, -0.05) is 22.0 Å². The van der Waals surface area contributed by atoms with Crippen LogP contribution in [0.3, 0.4) is 0 Å². The summed E-state index contributed by atoms with van der Waals surface area (Å²) in [5, 5.41) is 20.9. The van der Waals surface area contributed by atoms with E-state index in [9.17, 15) is 9.50 Å². The number of hydrogen-bond donors (Lipinski definition) is 3. The van der Waals surface area contributed by atoms with Crippen LogP contribution >= 0.6 is 15.9 Å². The zero-order valence-corrected chi connectivity index (χ0v) is 16.1. The molecule has 0 bridgehead atoms. The highest BCUT2D eigenvalue weighted by molar-refractivity contribution is 9.10. The maximum atomic E-state index is 13.9. The van der Waals surface area contributed by atoms with E-state index in [2.05, 4.69) is 36.7 Å². The van der Waals surface area contributed by atoms with Gasteiger partial charge in [-0.15, -0.1) is 0 Å². The average molecular weight is 412 g/mol. The van der Waals surface area contributed by atoms with Crippen LogP contribution in [-0.2, 0) is 19.2 Å². The first-order valence-electron chi connectivity index (χ1n) is 7.99. The third-order valence-electron chi connectivity index (χ3n) is 3.69. The Labute approximate surface area is 155 Å². The van der Waals surface area contributed by atoms with Crippen LogP contribution in [0.25, 0.3) is 0 Å². The number of aromatic nitrogens is 2. The first kappa shape index (κ1) is 19.4. The molecule has 0 radical (unpaired) electrons. The maximum Gasteiger partial charge on any atom is 0.191 e. The number of guanidine groups is 1. The SMILES string of the molecule is CCNC(=NCc1ccc(Br)cc1F)NCC(C)(O)c1cnn(C)c1. The van der Waals surface area contributed by atoms with Gasteiger partial charge in [0.05, 0.1) is 19.3 Å². The predicted octanol–water partition coefficient (Wildman–Crippen LogP) is 2.28. The van der Waals surface area contributed by atoms with Crippen LogP contribution < -0.4 is 10.6 Å². The average Bonchev–Trinajstić information content (AvgIpc) is 2.99. The minimum absolute atomic E-state index is 0.198. The lowest BCUT2D eigenvalue weighted by atomic mass is 10.00. The Hall–Kier alpha value is -1.93. The van der Waals surface area contributed by atoms with Crippen LogP contribution in [0.5, 0.6) is 0 Å². The fourth-order valence-electron chi connectivity index (χ4n) is 2.21. The molecule has 1 unspecified atom stereocenters. The van der Waals surface area contributed by atoms with Gasteiger partial charge < -0.3 is 15.7 Å². The van der Waals surface area contributed by atoms with Crippen molar-refractivity contribution in [3.05, 3.63) is 52.0 Å². The van der Waals surface area contributed by atoms with Crippen molar-refractivity contribution >= 4 is 21.9 Å². The van der Waals surface area contributed by atoms with E-state index in [-0.39, 0.29) is 18.9 Å². The Bertz CT molecular complexity index is 744. The second kappa shape index (κ2) is 8.44. The number of hydrogen-bond acceptors (Lipinski definition) is 3. The van der Waals surface area contributed by atoms with Gasteiger partial charge in [0.1, 0.15) is 11.4 Å². The molecule has 0 fully saturated rings. The molecule has 0 amide bonds. The molecule has 3 N–H and O–H groups in total. The van der Waals surface area contributed by atoms with Crippen LogP contribution in [0.2, 0.25) is 0 Å². The molecule has 2 aromatic rings. The zero-order chi connectivity index (χ0) is 18.4. The number of aliphatic hydroxyl groups is 1. The van der Waals surface area contributed by atoms with Gasteiger partial charge in [-0.25, -0.2) is 9.38 Å². The molecule has 25 heavy (non-hydrogen) atoms. The molecule has 1 heterocycles. The number of halogens is 2. The van der Waals surface area contributed by atoms with Gasteiger partial charge in [-0.05, 0) is 26.0 Å². The first-order valence-corrected chi connectivity index (χ1v) is 8.78. The van der Waals surface area contributed by atoms with Crippen molar-refractivity contribution in [2.24, 2.45) is 12.0 Å². The second-order valence-electron chi connectivity index (χ2n) is 5.96. The Morgan fingerprint density at radius 3 is 2.80 bits per heavy atom. The van der Waals surface area contributed by atoms with Crippen molar-refractivity contribution in [1.29, 1.82) is 0 Å². The quantitative estimate of drug-likeness (QED) is 0.503. The summed E-state index contributed by atoms with van der Waals surface area (Å²) < 4.78 is 16.2. The van der Waals surface area contributed by atoms with Crippen molar-refractivity contribution in [3.8, 4) is 0 Å². The highest BCUT2D eigenvalue weighted by atomic mass is 79.9. The van der Waals surface area contributed by atoms with E-state index in [1.165, 1.54) is 6.07 Å². The molecule has 1 atom stereocenters. The molecule has 8 heteroatoms.